The lowest BCUT2D eigenvalue weighted by atomic mass is 10.1. The van der Waals surface area contributed by atoms with Gasteiger partial charge >= 0.3 is 0 Å². The van der Waals surface area contributed by atoms with Crippen LogP contribution in [0.3, 0.4) is 0 Å². The van der Waals surface area contributed by atoms with E-state index in [9.17, 15) is 9.59 Å². The number of likely N-dealkylation sites (N-methyl/N-ethyl adjacent to an activating group) is 1. The van der Waals surface area contributed by atoms with Crippen molar-refractivity contribution in [3.05, 3.63) is 70.1 Å². The zero-order valence-electron chi connectivity index (χ0n) is 13.8. The summed E-state index contributed by atoms with van der Waals surface area (Å²) in [5.74, 6) is -0.164. The molecule has 1 amide bonds. The molecule has 0 aliphatic carbocycles. The molecule has 0 saturated heterocycles. The molecule has 0 radical (unpaired) electrons. The number of hydrogen-bond acceptors (Lipinski definition) is 3. The van der Waals surface area contributed by atoms with Gasteiger partial charge in [-0.1, -0.05) is 30.3 Å². The number of carbonyl (C=O) groups is 1. The molecule has 1 aromatic carbocycles. The second-order valence-electron chi connectivity index (χ2n) is 5.99. The molecule has 1 aromatic heterocycles. The predicted octanol–water partition coefficient (Wildman–Crippen LogP) is 1.29. The molecule has 1 heterocycles. The van der Waals surface area contributed by atoms with Gasteiger partial charge in [-0.05, 0) is 32.1 Å². The Morgan fingerprint density at radius 2 is 1.87 bits per heavy atom. The van der Waals surface area contributed by atoms with Crippen LogP contribution in [0.25, 0.3) is 0 Å². The van der Waals surface area contributed by atoms with Crippen LogP contribution < -0.4 is 10.9 Å². The first-order valence-corrected chi connectivity index (χ1v) is 7.62. The van der Waals surface area contributed by atoms with Crippen LogP contribution in [-0.4, -0.2) is 42.1 Å². The molecule has 2 aromatic rings. The summed E-state index contributed by atoms with van der Waals surface area (Å²) < 4.78 is 1.41. The van der Waals surface area contributed by atoms with Crippen molar-refractivity contribution in [1.82, 2.24) is 14.8 Å². The van der Waals surface area contributed by atoms with E-state index in [0.717, 1.165) is 13.0 Å². The molecule has 0 fully saturated rings. The van der Waals surface area contributed by atoms with Crippen LogP contribution in [0.2, 0.25) is 0 Å². The first-order chi connectivity index (χ1) is 11.0. The van der Waals surface area contributed by atoms with Gasteiger partial charge in [-0.25, -0.2) is 0 Å². The summed E-state index contributed by atoms with van der Waals surface area (Å²) in [5, 5.41) is 3.06. The number of hydrogen-bond donors (Lipinski definition) is 1. The lowest BCUT2D eigenvalue weighted by Crippen LogP contribution is -2.43. The van der Waals surface area contributed by atoms with E-state index in [1.807, 2.05) is 32.3 Å². The van der Waals surface area contributed by atoms with E-state index < -0.39 is 0 Å². The van der Waals surface area contributed by atoms with Gasteiger partial charge in [0.25, 0.3) is 5.91 Å². The van der Waals surface area contributed by atoms with E-state index in [1.165, 1.54) is 16.2 Å². The highest BCUT2D eigenvalue weighted by Crippen LogP contribution is 2.05. The maximum Gasteiger partial charge on any atom is 0.253 e. The van der Waals surface area contributed by atoms with E-state index in [4.69, 9.17) is 0 Å². The van der Waals surface area contributed by atoms with E-state index in [0.29, 0.717) is 5.56 Å². The fourth-order valence-corrected chi connectivity index (χ4v) is 2.50. The third kappa shape index (κ3) is 5.07. The van der Waals surface area contributed by atoms with Crippen LogP contribution in [-0.2, 0) is 13.5 Å². The second-order valence-corrected chi connectivity index (χ2v) is 5.99. The van der Waals surface area contributed by atoms with Gasteiger partial charge in [0.05, 0.1) is 5.56 Å². The second kappa shape index (κ2) is 7.74. The van der Waals surface area contributed by atoms with E-state index in [-0.39, 0.29) is 17.5 Å². The highest BCUT2D eigenvalue weighted by atomic mass is 16.2. The van der Waals surface area contributed by atoms with Crippen LogP contribution in [0, 0.1) is 0 Å². The molecule has 23 heavy (non-hydrogen) atoms. The Morgan fingerprint density at radius 3 is 2.48 bits per heavy atom. The molecule has 0 aliphatic rings. The smallest absolute Gasteiger partial charge is 0.253 e. The highest BCUT2D eigenvalue weighted by Gasteiger charge is 2.15. The Morgan fingerprint density at radius 1 is 1.17 bits per heavy atom. The van der Waals surface area contributed by atoms with E-state index in [2.05, 4.69) is 22.3 Å². The number of pyridine rings is 1. The van der Waals surface area contributed by atoms with Crippen molar-refractivity contribution in [2.45, 2.75) is 12.5 Å². The molecule has 5 heteroatoms. The summed E-state index contributed by atoms with van der Waals surface area (Å²) in [6.07, 6.45) is 2.32. The summed E-state index contributed by atoms with van der Waals surface area (Å²) in [6, 6.07) is 13.1. The SMILES string of the molecule is CN(C)C[C@@H](Cc1ccccc1)NC(=O)c1ccc(=O)n(C)c1. The lowest BCUT2D eigenvalue weighted by molar-refractivity contribution is 0.0929. The maximum absolute atomic E-state index is 12.4. The van der Waals surface area contributed by atoms with Gasteiger partial charge in [-0.2, -0.15) is 0 Å². The van der Waals surface area contributed by atoms with Crippen LogP contribution in [0.1, 0.15) is 15.9 Å². The molecule has 0 unspecified atom stereocenters. The number of benzene rings is 1. The summed E-state index contributed by atoms with van der Waals surface area (Å²) in [5.41, 5.74) is 1.54. The van der Waals surface area contributed by atoms with Crippen LogP contribution in [0.15, 0.2) is 53.5 Å². The Labute approximate surface area is 136 Å². The first kappa shape index (κ1) is 17.0. The van der Waals surface area contributed by atoms with E-state index >= 15 is 0 Å². The van der Waals surface area contributed by atoms with Gasteiger partial charge in [-0.3, -0.25) is 9.59 Å². The monoisotopic (exact) mass is 313 g/mol. The Hall–Kier alpha value is -2.40. The maximum atomic E-state index is 12.4. The molecule has 1 atom stereocenters. The lowest BCUT2D eigenvalue weighted by Gasteiger charge is -2.22. The minimum absolute atomic E-state index is 0.00265. The topological polar surface area (TPSA) is 54.3 Å². The number of nitrogens with zero attached hydrogens (tertiary/aromatic N) is 2. The van der Waals surface area contributed by atoms with Gasteiger partial charge in [0.2, 0.25) is 5.56 Å². The van der Waals surface area contributed by atoms with Crippen molar-refractivity contribution in [2.75, 3.05) is 20.6 Å². The third-order valence-electron chi connectivity index (χ3n) is 3.59. The molecule has 5 nitrogen and oxygen atoms in total. The predicted molar refractivity (Wildman–Crippen MR) is 91.6 cm³/mol. The minimum Gasteiger partial charge on any atom is -0.348 e. The molecule has 2 rings (SSSR count). The van der Waals surface area contributed by atoms with Gasteiger partial charge in [0.1, 0.15) is 0 Å². The molecule has 0 aliphatic heterocycles. The van der Waals surface area contributed by atoms with E-state index in [1.54, 1.807) is 19.3 Å². The van der Waals surface area contributed by atoms with Crippen molar-refractivity contribution in [1.29, 1.82) is 0 Å². The number of amides is 1. The zero-order chi connectivity index (χ0) is 16.8. The van der Waals surface area contributed by atoms with Gasteiger partial charge in [0, 0.05) is 31.9 Å². The highest BCUT2D eigenvalue weighted by molar-refractivity contribution is 5.94. The Bertz CT molecular complexity index is 708. The van der Waals surface area contributed by atoms with Crippen molar-refractivity contribution in [3.63, 3.8) is 0 Å². The first-order valence-electron chi connectivity index (χ1n) is 7.62. The number of rotatable bonds is 6. The molecular formula is C18H23N3O2. The fourth-order valence-electron chi connectivity index (χ4n) is 2.50. The molecular weight excluding hydrogens is 290 g/mol. The minimum atomic E-state index is -0.164. The number of nitrogens with one attached hydrogen (secondary N) is 1. The largest absolute Gasteiger partial charge is 0.348 e. The van der Waals surface area contributed by atoms with Crippen LogP contribution in [0.4, 0.5) is 0 Å². The number of aryl methyl sites for hydroxylation is 1. The summed E-state index contributed by atoms with van der Waals surface area (Å²) >= 11 is 0. The zero-order valence-corrected chi connectivity index (χ0v) is 13.8. The van der Waals surface area contributed by atoms with Crippen LogP contribution in [0.5, 0.6) is 0 Å². The number of aromatic nitrogens is 1. The summed E-state index contributed by atoms with van der Waals surface area (Å²) in [4.78, 5) is 25.9. The van der Waals surface area contributed by atoms with Crippen molar-refractivity contribution in [3.8, 4) is 0 Å². The summed E-state index contributed by atoms with van der Waals surface area (Å²) in [6.45, 7) is 0.742. The Balaban J connectivity index is 2.11. The van der Waals surface area contributed by atoms with Crippen LogP contribution >= 0.6 is 0 Å². The molecule has 0 bridgehead atoms. The van der Waals surface area contributed by atoms with Gasteiger partial charge < -0.3 is 14.8 Å². The molecule has 1 N–H and O–H groups in total. The van der Waals surface area contributed by atoms with Crippen molar-refractivity contribution < 1.29 is 4.79 Å². The normalized spacial score (nSPS) is 12.2. The number of carbonyl (C=O) groups excluding carboxylic acids is 1. The summed E-state index contributed by atoms with van der Waals surface area (Å²) in [7, 11) is 5.60. The molecule has 0 spiro atoms. The standard InChI is InChI=1S/C18H23N3O2/c1-20(2)13-16(11-14-7-5-4-6-8-14)19-18(23)15-9-10-17(22)21(3)12-15/h4-10,12,16H,11,13H2,1-3H3,(H,19,23)/t16-/m1/s1. The van der Waals surface area contributed by atoms with Gasteiger partial charge in [0.15, 0.2) is 0 Å². The molecule has 122 valence electrons. The average molecular weight is 313 g/mol. The third-order valence-corrected chi connectivity index (χ3v) is 3.59. The van der Waals surface area contributed by atoms with Crippen molar-refractivity contribution in [2.24, 2.45) is 7.05 Å². The average Bonchev–Trinajstić information content (AvgIpc) is 2.50. The fraction of sp³-hybridized carbons (Fsp3) is 0.333. The quantitative estimate of drug-likeness (QED) is 0.874. The van der Waals surface area contributed by atoms with Crippen molar-refractivity contribution >= 4 is 5.91 Å². The van der Waals surface area contributed by atoms with Gasteiger partial charge in [-0.15, -0.1) is 0 Å². The Kier molecular flexibility index (Phi) is 5.71. The molecule has 0 saturated carbocycles.